The van der Waals surface area contributed by atoms with Gasteiger partial charge in [-0.15, -0.1) is 0 Å². The summed E-state index contributed by atoms with van der Waals surface area (Å²) in [4.78, 5) is 13.9. The summed E-state index contributed by atoms with van der Waals surface area (Å²) in [5.74, 6) is -0.0230. The molecule has 1 fully saturated rings. The van der Waals surface area contributed by atoms with E-state index in [2.05, 4.69) is 5.32 Å². The van der Waals surface area contributed by atoms with Crippen molar-refractivity contribution in [1.82, 2.24) is 9.21 Å². The van der Waals surface area contributed by atoms with Crippen LogP contribution in [0.4, 0.5) is 10.5 Å². The first-order valence-electron chi connectivity index (χ1n) is 8.27. The summed E-state index contributed by atoms with van der Waals surface area (Å²) < 4.78 is 26.5. The van der Waals surface area contributed by atoms with Gasteiger partial charge in [-0.3, -0.25) is 0 Å². The first-order valence-corrected chi connectivity index (χ1v) is 10.3. The fourth-order valence-corrected chi connectivity index (χ4v) is 4.42. The molecule has 0 atom stereocenters. The van der Waals surface area contributed by atoms with E-state index < -0.39 is 10.0 Å². The highest BCUT2D eigenvalue weighted by Gasteiger charge is 2.28. The van der Waals surface area contributed by atoms with Gasteiger partial charge in [-0.1, -0.05) is 41.9 Å². The maximum Gasteiger partial charge on any atom is 0.321 e. The van der Waals surface area contributed by atoms with Gasteiger partial charge in [0, 0.05) is 36.9 Å². The lowest BCUT2D eigenvalue weighted by Gasteiger charge is -2.34. The van der Waals surface area contributed by atoms with E-state index in [1.165, 1.54) is 4.31 Å². The van der Waals surface area contributed by atoms with Crippen LogP contribution in [0.2, 0.25) is 5.02 Å². The van der Waals surface area contributed by atoms with Gasteiger partial charge in [-0.05, 0) is 29.8 Å². The van der Waals surface area contributed by atoms with Crippen LogP contribution in [0.1, 0.15) is 5.56 Å². The van der Waals surface area contributed by atoms with Crippen LogP contribution in [0.3, 0.4) is 0 Å². The zero-order valence-corrected chi connectivity index (χ0v) is 15.7. The molecule has 8 heteroatoms. The molecule has 0 spiro atoms. The number of carbonyl (C=O) groups is 1. The molecule has 2 aromatic carbocycles. The van der Waals surface area contributed by atoms with E-state index in [4.69, 9.17) is 11.6 Å². The second kappa shape index (κ2) is 8.07. The number of nitrogens with zero attached hydrogens (tertiary/aromatic N) is 2. The van der Waals surface area contributed by atoms with Crippen LogP contribution in [-0.2, 0) is 15.8 Å². The predicted octanol–water partition coefficient (Wildman–Crippen LogP) is 3.02. The van der Waals surface area contributed by atoms with Crippen molar-refractivity contribution in [2.45, 2.75) is 5.75 Å². The van der Waals surface area contributed by atoms with Crippen molar-refractivity contribution in [2.24, 2.45) is 0 Å². The molecule has 1 aliphatic rings. The molecule has 26 heavy (non-hydrogen) atoms. The molecule has 0 radical (unpaired) electrons. The normalized spacial score (nSPS) is 15.7. The van der Waals surface area contributed by atoms with Crippen molar-refractivity contribution >= 4 is 33.3 Å². The number of carbonyl (C=O) groups excluding carboxylic acids is 1. The Hall–Kier alpha value is -2.09. The molecule has 1 N–H and O–H groups in total. The summed E-state index contributed by atoms with van der Waals surface area (Å²) in [6, 6.07) is 15.7. The van der Waals surface area contributed by atoms with Gasteiger partial charge >= 0.3 is 6.03 Å². The third-order valence-electron chi connectivity index (χ3n) is 4.21. The largest absolute Gasteiger partial charge is 0.322 e. The average Bonchev–Trinajstić information content (AvgIpc) is 2.64. The Morgan fingerprint density at radius 2 is 1.58 bits per heavy atom. The summed E-state index contributed by atoms with van der Waals surface area (Å²) in [5, 5.41) is 3.39. The quantitative estimate of drug-likeness (QED) is 0.868. The van der Waals surface area contributed by atoms with Crippen molar-refractivity contribution in [3.63, 3.8) is 0 Å². The number of piperazine rings is 1. The van der Waals surface area contributed by atoms with E-state index in [9.17, 15) is 13.2 Å². The third-order valence-corrected chi connectivity index (χ3v) is 6.31. The van der Waals surface area contributed by atoms with Crippen molar-refractivity contribution < 1.29 is 13.2 Å². The number of hydrogen-bond acceptors (Lipinski definition) is 3. The lowest BCUT2D eigenvalue weighted by molar-refractivity contribution is 0.184. The Morgan fingerprint density at radius 3 is 2.19 bits per heavy atom. The number of hydrogen-bond donors (Lipinski definition) is 1. The van der Waals surface area contributed by atoms with E-state index in [1.54, 1.807) is 41.3 Å². The highest BCUT2D eigenvalue weighted by molar-refractivity contribution is 7.88. The molecule has 1 saturated heterocycles. The molecule has 0 aliphatic carbocycles. The van der Waals surface area contributed by atoms with Crippen LogP contribution in [-0.4, -0.2) is 49.8 Å². The van der Waals surface area contributed by atoms with Crippen LogP contribution < -0.4 is 5.32 Å². The lowest BCUT2D eigenvalue weighted by atomic mass is 10.2. The number of benzene rings is 2. The molecule has 0 aromatic heterocycles. The van der Waals surface area contributed by atoms with Crippen molar-refractivity contribution in [2.75, 3.05) is 31.5 Å². The molecule has 1 aliphatic heterocycles. The summed E-state index contributed by atoms with van der Waals surface area (Å²) in [6.07, 6.45) is 0. The second-order valence-electron chi connectivity index (χ2n) is 6.06. The third kappa shape index (κ3) is 4.75. The first-order chi connectivity index (χ1) is 12.4. The van der Waals surface area contributed by atoms with Gasteiger partial charge in [0.15, 0.2) is 0 Å². The number of nitrogens with one attached hydrogen (secondary N) is 1. The summed E-state index contributed by atoms with van der Waals surface area (Å²) in [5.41, 5.74) is 1.41. The number of sulfonamides is 1. The minimum Gasteiger partial charge on any atom is -0.322 e. The van der Waals surface area contributed by atoms with Crippen LogP contribution >= 0.6 is 11.6 Å². The van der Waals surface area contributed by atoms with E-state index in [0.717, 1.165) is 5.56 Å². The van der Waals surface area contributed by atoms with E-state index >= 15 is 0 Å². The summed E-state index contributed by atoms with van der Waals surface area (Å²) >= 11 is 5.83. The molecule has 138 valence electrons. The van der Waals surface area contributed by atoms with Crippen molar-refractivity contribution in [3.05, 3.63) is 65.2 Å². The molecular weight excluding hydrogens is 374 g/mol. The lowest BCUT2D eigenvalue weighted by Crippen LogP contribution is -2.51. The number of amides is 2. The molecule has 6 nitrogen and oxygen atoms in total. The second-order valence-corrected chi connectivity index (χ2v) is 8.47. The van der Waals surface area contributed by atoms with E-state index in [0.29, 0.717) is 36.9 Å². The predicted molar refractivity (Wildman–Crippen MR) is 103 cm³/mol. The molecule has 2 aromatic rings. The van der Waals surface area contributed by atoms with Crippen molar-refractivity contribution in [1.29, 1.82) is 0 Å². The van der Waals surface area contributed by atoms with Crippen LogP contribution in [0, 0.1) is 0 Å². The summed E-state index contributed by atoms with van der Waals surface area (Å²) in [7, 11) is -3.39. The fourth-order valence-electron chi connectivity index (χ4n) is 2.78. The Labute approximate surface area is 158 Å². The zero-order chi connectivity index (χ0) is 18.6. The maximum absolute atomic E-state index is 12.5. The minimum absolute atomic E-state index is 0.0230. The SMILES string of the molecule is O=C(Nc1ccc(Cl)cc1)N1CCN(S(=O)(=O)Cc2ccccc2)CC1. The van der Waals surface area contributed by atoms with Crippen molar-refractivity contribution in [3.8, 4) is 0 Å². The summed E-state index contributed by atoms with van der Waals surface area (Å²) in [6.45, 7) is 1.30. The number of anilines is 1. The first kappa shape index (κ1) is 18.7. The fraction of sp³-hybridized carbons (Fsp3) is 0.278. The molecule has 0 saturated carbocycles. The standard InChI is InChI=1S/C18H20ClN3O3S/c19-16-6-8-17(9-7-16)20-18(23)21-10-12-22(13-11-21)26(24,25)14-15-4-2-1-3-5-15/h1-9H,10-14H2,(H,20,23). The number of rotatable bonds is 4. The van der Waals surface area contributed by atoms with Gasteiger partial charge < -0.3 is 10.2 Å². The van der Waals surface area contributed by atoms with Crippen LogP contribution in [0.25, 0.3) is 0 Å². The number of urea groups is 1. The van der Waals surface area contributed by atoms with Gasteiger partial charge in [-0.2, -0.15) is 4.31 Å². The highest BCUT2D eigenvalue weighted by atomic mass is 35.5. The molecular formula is C18H20ClN3O3S. The Kier molecular flexibility index (Phi) is 5.80. The van der Waals surface area contributed by atoms with Gasteiger partial charge in [-0.25, -0.2) is 13.2 Å². The Bertz CT molecular complexity index is 849. The number of halogens is 1. The maximum atomic E-state index is 12.5. The smallest absolute Gasteiger partial charge is 0.321 e. The van der Waals surface area contributed by atoms with E-state index in [-0.39, 0.29) is 11.8 Å². The highest BCUT2D eigenvalue weighted by Crippen LogP contribution is 2.16. The molecule has 0 unspecified atom stereocenters. The van der Waals surface area contributed by atoms with Crippen LogP contribution in [0.15, 0.2) is 54.6 Å². The van der Waals surface area contributed by atoms with Gasteiger partial charge in [0.1, 0.15) is 0 Å². The van der Waals surface area contributed by atoms with Gasteiger partial charge in [0.2, 0.25) is 10.0 Å². The molecule has 2 amide bonds. The van der Waals surface area contributed by atoms with Crippen LogP contribution in [0.5, 0.6) is 0 Å². The molecule has 1 heterocycles. The zero-order valence-electron chi connectivity index (χ0n) is 14.1. The van der Waals surface area contributed by atoms with Gasteiger partial charge in [0.25, 0.3) is 0 Å². The van der Waals surface area contributed by atoms with Gasteiger partial charge in [0.05, 0.1) is 5.75 Å². The van der Waals surface area contributed by atoms with E-state index in [1.807, 2.05) is 18.2 Å². The minimum atomic E-state index is -3.39. The molecule has 0 bridgehead atoms. The Morgan fingerprint density at radius 1 is 0.962 bits per heavy atom. The average molecular weight is 394 g/mol. The topological polar surface area (TPSA) is 69.7 Å². The Balaban J connectivity index is 1.54. The monoisotopic (exact) mass is 393 g/mol. The molecule has 3 rings (SSSR count).